The highest BCUT2D eigenvalue weighted by molar-refractivity contribution is 6.05. The maximum atomic E-state index is 12.5. The summed E-state index contributed by atoms with van der Waals surface area (Å²) < 4.78 is 10.7. The Bertz CT molecular complexity index is 807. The van der Waals surface area contributed by atoms with Crippen LogP contribution in [0.3, 0.4) is 0 Å². The lowest BCUT2D eigenvalue weighted by Gasteiger charge is -2.14. The number of amides is 1. The monoisotopic (exact) mass is 322 g/mol. The van der Waals surface area contributed by atoms with Gasteiger partial charge in [-0.15, -0.1) is 6.58 Å². The predicted octanol–water partition coefficient (Wildman–Crippen LogP) is 3.56. The molecule has 2 aromatic rings. The standard InChI is InChI=1S/C19H18N2O3/c1-4-6-14-10-15(11-17(23-2)18(14)24-3)19(22)21-16-8-5-7-13(9-16)12-20/h4-5,7-11H,1,6H2,2-3H3,(H,21,22). The summed E-state index contributed by atoms with van der Waals surface area (Å²) in [6.07, 6.45) is 2.28. The van der Waals surface area contributed by atoms with Crippen molar-refractivity contribution in [3.05, 3.63) is 65.7 Å². The maximum Gasteiger partial charge on any atom is 0.255 e. The fourth-order valence-electron chi connectivity index (χ4n) is 2.35. The van der Waals surface area contributed by atoms with Gasteiger partial charge < -0.3 is 14.8 Å². The van der Waals surface area contributed by atoms with Crippen molar-refractivity contribution in [2.75, 3.05) is 19.5 Å². The number of allylic oxidation sites excluding steroid dienone is 1. The van der Waals surface area contributed by atoms with Crippen molar-refractivity contribution in [1.29, 1.82) is 5.26 Å². The number of carbonyl (C=O) groups excluding carboxylic acids is 1. The Kier molecular flexibility index (Phi) is 5.58. The highest BCUT2D eigenvalue weighted by Crippen LogP contribution is 2.33. The summed E-state index contributed by atoms with van der Waals surface area (Å²) in [5.74, 6) is 0.768. The Morgan fingerprint density at radius 1 is 1.29 bits per heavy atom. The molecule has 122 valence electrons. The highest BCUT2D eigenvalue weighted by Gasteiger charge is 2.16. The highest BCUT2D eigenvalue weighted by atomic mass is 16.5. The van der Waals surface area contributed by atoms with Crippen molar-refractivity contribution in [2.45, 2.75) is 6.42 Å². The van der Waals surface area contributed by atoms with Crippen LogP contribution in [0.5, 0.6) is 11.5 Å². The van der Waals surface area contributed by atoms with E-state index in [2.05, 4.69) is 11.9 Å². The van der Waals surface area contributed by atoms with E-state index < -0.39 is 0 Å². The van der Waals surface area contributed by atoms with Gasteiger partial charge in [-0.3, -0.25) is 4.79 Å². The second-order valence-corrected chi connectivity index (χ2v) is 5.01. The van der Waals surface area contributed by atoms with E-state index in [1.165, 1.54) is 7.11 Å². The second kappa shape index (κ2) is 7.84. The molecule has 1 N–H and O–H groups in total. The van der Waals surface area contributed by atoms with Gasteiger partial charge in [-0.2, -0.15) is 5.26 Å². The van der Waals surface area contributed by atoms with Gasteiger partial charge >= 0.3 is 0 Å². The normalized spacial score (nSPS) is 9.71. The van der Waals surface area contributed by atoms with Gasteiger partial charge in [0.15, 0.2) is 11.5 Å². The van der Waals surface area contributed by atoms with Crippen LogP contribution in [0.4, 0.5) is 5.69 Å². The van der Waals surface area contributed by atoms with Crippen LogP contribution in [0.2, 0.25) is 0 Å². The molecule has 0 spiro atoms. The molecule has 0 heterocycles. The topological polar surface area (TPSA) is 71.4 Å². The third-order valence-electron chi connectivity index (χ3n) is 3.43. The average Bonchev–Trinajstić information content (AvgIpc) is 2.61. The summed E-state index contributed by atoms with van der Waals surface area (Å²) in [4.78, 5) is 12.5. The minimum Gasteiger partial charge on any atom is -0.493 e. The fourth-order valence-corrected chi connectivity index (χ4v) is 2.35. The van der Waals surface area contributed by atoms with Gasteiger partial charge in [0.2, 0.25) is 0 Å². The summed E-state index contributed by atoms with van der Waals surface area (Å²) in [7, 11) is 3.07. The van der Waals surface area contributed by atoms with Crippen LogP contribution in [0, 0.1) is 11.3 Å². The number of nitrogens with zero attached hydrogens (tertiary/aromatic N) is 1. The molecular weight excluding hydrogens is 304 g/mol. The van der Waals surface area contributed by atoms with Gasteiger partial charge in [-0.05, 0) is 36.8 Å². The first-order chi connectivity index (χ1) is 11.6. The molecule has 0 aliphatic heterocycles. The molecule has 2 rings (SSSR count). The smallest absolute Gasteiger partial charge is 0.255 e. The number of carbonyl (C=O) groups is 1. The third kappa shape index (κ3) is 3.73. The van der Waals surface area contributed by atoms with Gasteiger partial charge in [-0.25, -0.2) is 0 Å². The predicted molar refractivity (Wildman–Crippen MR) is 92.6 cm³/mol. The number of ether oxygens (including phenoxy) is 2. The number of methoxy groups -OCH3 is 2. The molecule has 1 amide bonds. The first-order valence-electron chi connectivity index (χ1n) is 7.30. The van der Waals surface area contributed by atoms with Crippen LogP contribution in [0.25, 0.3) is 0 Å². The van der Waals surface area contributed by atoms with Crippen LogP contribution < -0.4 is 14.8 Å². The molecule has 0 bridgehead atoms. The van der Waals surface area contributed by atoms with Gasteiger partial charge in [0.25, 0.3) is 5.91 Å². The SMILES string of the molecule is C=CCc1cc(C(=O)Nc2cccc(C#N)c2)cc(OC)c1OC. The zero-order valence-electron chi connectivity index (χ0n) is 13.6. The van der Waals surface area contributed by atoms with Crippen LogP contribution >= 0.6 is 0 Å². The number of hydrogen-bond acceptors (Lipinski definition) is 4. The minimum atomic E-state index is -0.295. The molecule has 5 nitrogen and oxygen atoms in total. The lowest BCUT2D eigenvalue weighted by atomic mass is 10.0. The summed E-state index contributed by atoms with van der Waals surface area (Å²) in [5, 5.41) is 11.7. The number of anilines is 1. The number of nitrogens with one attached hydrogen (secondary N) is 1. The number of hydrogen-bond donors (Lipinski definition) is 1. The quantitative estimate of drug-likeness (QED) is 0.826. The molecule has 0 atom stereocenters. The Balaban J connectivity index is 2.36. The summed E-state index contributed by atoms with van der Waals surface area (Å²) in [6, 6.07) is 12.1. The van der Waals surface area contributed by atoms with Gasteiger partial charge in [-0.1, -0.05) is 12.1 Å². The minimum absolute atomic E-state index is 0.295. The van der Waals surface area contributed by atoms with Crippen molar-refractivity contribution < 1.29 is 14.3 Å². The van der Waals surface area contributed by atoms with Crippen LogP contribution in [0.15, 0.2) is 49.1 Å². The van der Waals surface area contributed by atoms with E-state index >= 15 is 0 Å². The van der Waals surface area contributed by atoms with Crippen LogP contribution in [-0.4, -0.2) is 20.1 Å². The number of rotatable bonds is 6. The van der Waals surface area contributed by atoms with Crippen molar-refractivity contribution in [3.8, 4) is 17.6 Å². The second-order valence-electron chi connectivity index (χ2n) is 5.01. The van der Waals surface area contributed by atoms with E-state index in [9.17, 15) is 4.79 Å². The Morgan fingerprint density at radius 2 is 2.08 bits per heavy atom. The van der Waals surface area contributed by atoms with Crippen LogP contribution in [-0.2, 0) is 6.42 Å². The summed E-state index contributed by atoms with van der Waals surface area (Å²) in [5.41, 5.74) is 2.28. The zero-order valence-corrected chi connectivity index (χ0v) is 13.6. The van der Waals surface area contributed by atoms with Gasteiger partial charge in [0.05, 0.1) is 25.9 Å². The third-order valence-corrected chi connectivity index (χ3v) is 3.43. The molecule has 0 radical (unpaired) electrons. The first-order valence-corrected chi connectivity index (χ1v) is 7.30. The fraction of sp³-hybridized carbons (Fsp3) is 0.158. The van der Waals surface area contributed by atoms with Crippen molar-refractivity contribution in [2.24, 2.45) is 0 Å². The number of nitriles is 1. The number of benzene rings is 2. The van der Waals surface area contributed by atoms with E-state index in [0.29, 0.717) is 34.7 Å². The summed E-state index contributed by atoms with van der Waals surface area (Å²) in [6.45, 7) is 3.72. The lowest BCUT2D eigenvalue weighted by Crippen LogP contribution is -2.13. The van der Waals surface area contributed by atoms with E-state index in [1.807, 2.05) is 6.07 Å². The Labute approximate surface area is 141 Å². The molecule has 0 aliphatic rings. The van der Waals surface area contributed by atoms with Crippen molar-refractivity contribution >= 4 is 11.6 Å². The molecule has 0 fully saturated rings. The van der Waals surface area contributed by atoms with Crippen LogP contribution in [0.1, 0.15) is 21.5 Å². The van der Waals surface area contributed by atoms with Gasteiger partial charge in [0.1, 0.15) is 0 Å². The average molecular weight is 322 g/mol. The molecule has 0 aromatic heterocycles. The Morgan fingerprint density at radius 3 is 2.71 bits per heavy atom. The maximum absolute atomic E-state index is 12.5. The molecule has 0 saturated heterocycles. The largest absolute Gasteiger partial charge is 0.493 e. The van der Waals surface area contributed by atoms with Crippen molar-refractivity contribution in [1.82, 2.24) is 0 Å². The van der Waals surface area contributed by atoms with Gasteiger partial charge in [0, 0.05) is 16.8 Å². The Hall–Kier alpha value is -3.26. The molecule has 5 heteroatoms. The molecule has 0 aliphatic carbocycles. The molecule has 0 unspecified atom stereocenters. The zero-order chi connectivity index (χ0) is 17.5. The van der Waals surface area contributed by atoms with E-state index in [4.69, 9.17) is 14.7 Å². The first kappa shape index (κ1) is 17.1. The molecule has 0 saturated carbocycles. The molecule has 2 aromatic carbocycles. The molecular formula is C19H18N2O3. The van der Waals surface area contributed by atoms with E-state index in [-0.39, 0.29) is 5.91 Å². The van der Waals surface area contributed by atoms with Crippen molar-refractivity contribution in [3.63, 3.8) is 0 Å². The van der Waals surface area contributed by atoms with E-state index in [0.717, 1.165) is 5.56 Å². The molecule has 24 heavy (non-hydrogen) atoms. The summed E-state index contributed by atoms with van der Waals surface area (Å²) >= 11 is 0. The lowest BCUT2D eigenvalue weighted by molar-refractivity contribution is 0.102. The van der Waals surface area contributed by atoms with E-state index in [1.54, 1.807) is 49.6 Å².